The van der Waals surface area contributed by atoms with Crippen molar-refractivity contribution in [2.24, 2.45) is 5.92 Å². The Kier molecular flexibility index (Phi) is 2.86. The average Bonchev–Trinajstić information content (AvgIpc) is 3.08. The summed E-state index contributed by atoms with van der Waals surface area (Å²) < 4.78 is 10.6. The number of hydrogen-bond acceptors (Lipinski definition) is 3. The summed E-state index contributed by atoms with van der Waals surface area (Å²) in [7, 11) is 0. The molecule has 1 fully saturated rings. The standard InChI is InChI=1S/C14H17NO3/c1-9(15-14(16)11-3-4-11)6-10-2-5-12-13(7-10)18-8-17-12/h2,5,7,9,11H,3-4,6,8H2,1H3,(H,15,16). The largest absolute Gasteiger partial charge is 0.454 e. The average molecular weight is 247 g/mol. The number of amides is 1. The van der Waals surface area contributed by atoms with Crippen LogP contribution in [0, 0.1) is 5.92 Å². The van der Waals surface area contributed by atoms with Gasteiger partial charge in [-0.15, -0.1) is 0 Å². The van der Waals surface area contributed by atoms with E-state index >= 15 is 0 Å². The van der Waals surface area contributed by atoms with Gasteiger partial charge in [0.05, 0.1) is 0 Å². The monoisotopic (exact) mass is 247 g/mol. The molecular formula is C14H17NO3. The van der Waals surface area contributed by atoms with Crippen LogP contribution in [0.25, 0.3) is 0 Å². The van der Waals surface area contributed by atoms with Gasteiger partial charge in [-0.25, -0.2) is 0 Å². The van der Waals surface area contributed by atoms with Crippen LogP contribution in [-0.4, -0.2) is 18.7 Å². The van der Waals surface area contributed by atoms with Crippen LogP contribution in [0.2, 0.25) is 0 Å². The molecule has 4 nitrogen and oxygen atoms in total. The molecule has 96 valence electrons. The third-order valence-corrected chi connectivity index (χ3v) is 3.32. The summed E-state index contributed by atoms with van der Waals surface area (Å²) >= 11 is 0. The highest BCUT2D eigenvalue weighted by molar-refractivity contribution is 5.81. The second-order valence-corrected chi connectivity index (χ2v) is 5.08. The molecule has 1 saturated carbocycles. The zero-order valence-corrected chi connectivity index (χ0v) is 10.4. The molecule has 2 aliphatic rings. The van der Waals surface area contributed by atoms with Gasteiger partial charge in [0.1, 0.15) is 0 Å². The maximum Gasteiger partial charge on any atom is 0.231 e. The first-order valence-corrected chi connectivity index (χ1v) is 6.41. The molecule has 1 amide bonds. The normalized spacial score (nSPS) is 18.5. The first kappa shape index (κ1) is 11.4. The molecule has 1 heterocycles. The number of ether oxygens (including phenoxy) is 2. The molecule has 1 aliphatic carbocycles. The highest BCUT2D eigenvalue weighted by Crippen LogP contribution is 2.33. The van der Waals surface area contributed by atoms with E-state index in [-0.39, 0.29) is 17.9 Å². The Labute approximate surface area is 106 Å². The highest BCUT2D eigenvalue weighted by atomic mass is 16.7. The molecule has 1 aromatic carbocycles. The van der Waals surface area contributed by atoms with E-state index in [1.165, 1.54) is 0 Å². The van der Waals surface area contributed by atoms with Crippen LogP contribution < -0.4 is 14.8 Å². The van der Waals surface area contributed by atoms with Gasteiger partial charge in [0, 0.05) is 12.0 Å². The summed E-state index contributed by atoms with van der Waals surface area (Å²) in [5.41, 5.74) is 1.16. The van der Waals surface area contributed by atoms with Gasteiger partial charge >= 0.3 is 0 Å². The quantitative estimate of drug-likeness (QED) is 0.883. The maximum absolute atomic E-state index is 11.6. The lowest BCUT2D eigenvalue weighted by Crippen LogP contribution is -2.35. The molecule has 1 N–H and O–H groups in total. The lowest BCUT2D eigenvalue weighted by Gasteiger charge is -2.14. The molecule has 3 rings (SSSR count). The second kappa shape index (κ2) is 4.52. The van der Waals surface area contributed by atoms with E-state index in [1.807, 2.05) is 25.1 Å². The van der Waals surface area contributed by atoms with Gasteiger partial charge in [-0.3, -0.25) is 4.79 Å². The van der Waals surface area contributed by atoms with Crippen molar-refractivity contribution in [3.63, 3.8) is 0 Å². The van der Waals surface area contributed by atoms with Gasteiger partial charge in [-0.05, 0) is 43.9 Å². The summed E-state index contributed by atoms with van der Waals surface area (Å²) in [5.74, 6) is 2.06. The molecule has 1 aliphatic heterocycles. The van der Waals surface area contributed by atoms with Crippen LogP contribution in [0.5, 0.6) is 11.5 Å². The number of rotatable bonds is 4. The molecule has 0 bridgehead atoms. The van der Waals surface area contributed by atoms with Crippen molar-refractivity contribution >= 4 is 5.91 Å². The summed E-state index contributed by atoms with van der Waals surface area (Å²) in [6.45, 7) is 2.33. The molecule has 0 spiro atoms. The van der Waals surface area contributed by atoms with Crippen molar-refractivity contribution < 1.29 is 14.3 Å². The Morgan fingerprint density at radius 2 is 2.17 bits per heavy atom. The molecule has 18 heavy (non-hydrogen) atoms. The molecule has 4 heteroatoms. The minimum absolute atomic E-state index is 0.151. The smallest absolute Gasteiger partial charge is 0.231 e. The predicted molar refractivity (Wildman–Crippen MR) is 66.6 cm³/mol. The molecule has 1 unspecified atom stereocenters. The van der Waals surface area contributed by atoms with Gasteiger partial charge in [-0.2, -0.15) is 0 Å². The van der Waals surface area contributed by atoms with Crippen LogP contribution in [-0.2, 0) is 11.2 Å². The zero-order valence-electron chi connectivity index (χ0n) is 10.4. The van der Waals surface area contributed by atoms with Crippen molar-refractivity contribution in [1.29, 1.82) is 0 Å². The molecule has 0 saturated heterocycles. The molecule has 0 aromatic heterocycles. The molecule has 0 radical (unpaired) electrons. The van der Waals surface area contributed by atoms with Crippen LogP contribution >= 0.6 is 0 Å². The fourth-order valence-corrected chi connectivity index (χ4v) is 2.18. The van der Waals surface area contributed by atoms with Crippen molar-refractivity contribution in [2.75, 3.05) is 6.79 Å². The van der Waals surface area contributed by atoms with Crippen molar-refractivity contribution in [3.05, 3.63) is 23.8 Å². The minimum Gasteiger partial charge on any atom is -0.454 e. The van der Waals surface area contributed by atoms with Crippen molar-refractivity contribution in [1.82, 2.24) is 5.32 Å². The first-order chi connectivity index (χ1) is 8.72. The lowest BCUT2D eigenvalue weighted by molar-refractivity contribution is -0.122. The molecular weight excluding hydrogens is 230 g/mol. The summed E-state index contributed by atoms with van der Waals surface area (Å²) in [6, 6.07) is 6.08. The van der Waals surface area contributed by atoms with Gasteiger partial charge in [0.25, 0.3) is 0 Å². The SMILES string of the molecule is CC(Cc1ccc2c(c1)OCO2)NC(=O)C1CC1. The predicted octanol–water partition coefficient (Wildman–Crippen LogP) is 1.87. The number of nitrogens with one attached hydrogen (secondary N) is 1. The molecule has 1 atom stereocenters. The Bertz CT molecular complexity index is 468. The van der Waals surface area contributed by atoms with Gasteiger partial charge < -0.3 is 14.8 Å². The van der Waals surface area contributed by atoms with Crippen LogP contribution in [0.4, 0.5) is 0 Å². The number of carbonyl (C=O) groups excluding carboxylic acids is 1. The van der Waals surface area contributed by atoms with Crippen LogP contribution in [0.15, 0.2) is 18.2 Å². The number of fused-ring (bicyclic) bond motifs is 1. The van der Waals surface area contributed by atoms with E-state index in [1.54, 1.807) is 0 Å². The van der Waals surface area contributed by atoms with Gasteiger partial charge in [0.15, 0.2) is 11.5 Å². The van der Waals surface area contributed by atoms with E-state index < -0.39 is 0 Å². The lowest BCUT2D eigenvalue weighted by atomic mass is 10.1. The Hall–Kier alpha value is -1.71. The Morgan fingerprint density at radius 1 is 1.39 bits per heavy atom. The third kappa shape index (κ3) is 2.42. The minimum atomic E-state index is 0.151. The second-order valence-electron chi connectivity index (χ2n) is 5.08. The Morgan fingerprint density at radius 3 is 2.94 bits per heavy atom. The number of hydrogen-bond donors (Lipinski definition) is 1. The van der Waals surface area contributed by atoms with E-state index in [0.717, 1.165) is 36.3 Å². The third-order valence-electron chi connectivity index (χ3n) is 3.32. The van der Waals surface area contributed by atoms with Crippen molar-refractivity contribution in [2.45, 2.75) is 32.2 Å². The van der Waals surface area contributed by atoms with E-state index in [2.05, 4.69) is 5.32 Å². The fourth-order valence-electron chi connectivity index (χ4n) is 2.18. The van der Waals surface area contributed by atoms with E-state index in [4.69, 9.17) is 9.47 Å². The first-order valence-electron chi connectivity index (χ1n) is 6.41. The topological polar surface area (TPSA) is 47.6 Å². The Balaban J connectivity index is 1.59. The zero-order chi connectivity index (χ0) is 12.5. The van der Waals surface area contributed by atoms with Gasteiger partial charge in [-0.1, -0.05) is 6.07 Å². The summed E-state index contributed by atoms with van der Waals surface area (Å²) in [5, 5.41) is 3.05. The van der Waals surface area contributed by atoms with Crippen LogP contribution in [0.3, 0.4) is 0 Å². The van der Waals surface area contributed by atoms with Crippen LogP contribution in [0.1, 0.15) is 25.3 Å². The van der Waals surface area contributed by atoms with E-state index in [0.29, 0.717) is 6.79 Å². The summed E-state index contributed by atoms with van der Waals surface area (Å²) in [4.78, 5) is 11.6. The van der Waals surface area contributed by atoms with E-state index in [9.17, 15) is 4.79 Å². The summed E-state index contributed by atoms with van der Waals surface area (Å²) in [6.07, 6.45) is 2.90. The highest BCUT2D eigenvalue weighted by Gasteiger charge is 2.30. The number of benzene rings is 1. The van der Waals surface area contributed by atoms with Gasteiger partial charge in [0.2, 0.25) is 12.7 Å². The maximum atomic E-state index is 11.6. The number of carbonyl (C=O) groups is 1. The molecule has 1 aromatic rings. The fraction of sp³-hybridized carbons (Fsp3) is 0.500. The van der Waals surface area contributed by atoms with Crippen molar-refractivity contribution in [3.8, 4) is 11.5 Å².